The Hall–Kier alpha value is -2.11. The number of hydrogen-bond donors (Lipinski definition) is 1. The molecule has 78 valence electrons. The Labute approximate surface area is 85.6 Å². The summed E-state index contributed by atoms with van der Waals surface area (Å²) in [5.41, 5.74) is 1.42. The number of anilines is 2. The van der Waals surface area contributed by atoms with Gasteiger partial charge in [0.05, 0.1) is 16.3 Å². The monoisotopic (exact) mass is 207 g/mol. The van der Waals surface area contributed by atoms with Gasteiger partial charge in [0.15, 0.2) is 12.5 Å². The molecule has 1 heterocycles. The topological polar surface area (TPSA) is 75.5 Å². The summed E-state index contributed by atoms with van der Waals surface area (Å²) in [6.07, 6.45) is 0.313. The fourth-order valence-corrected chi connectivity index (χ4v) is 1.59. The summed E-state index contributed by atoms with van der Waals surface area (Å²) in [6, 6.07) is 4.48. The second kappa shape index (κ2) is 3.23. The molecular weight excluding hydrogens is 198 g/mol. The van der Waals surface area contributed by atoms with E-state index in [2.05, 4.69) is 5.32 Å². The van der Waals surface area contributed by atoms with Crippen molar-refractivity contribution in [2.75, 3.05) is 17.3 Å². The molecule has 0 aromatic heterocycles. The number of nitrogens with zero attached hydrogens (tertiary/aromatic N) is 2. The van der Waals surface area contributed by atoms with Crippen LogP contribution >= 0.6 is 0 Å². The highest BCUT2D eigenvalue weighted by molar-refractivity contribution is 5.85. The van der Waals surface area contributed by atoms with Gasteiger partial charge in [-0.3, -0.25) is 14.9 Å². The van der Waals surface area contributed by atoms with E-state index in [9.17, 15) is 14.9 Å². The lowest BCUT2D eigenvalue weighted by Gasteiger charge is -2.15. The van der Waals surface area contributed by atoms with Crippen molar-refractivity contribution in [1.29, 1.82) is 0 Å². The molecule has 6 heteroatoms. The van der Waals surface area contributed by atoms with Crippen molar-refractivity contribution < 1.29 is 9.72 Å². The zero-order valence-corrected chi connectivity index (χ0v) is 8.01. The zero-order chi connectivity index (χ0) is 11.0. The minimum absolute atomic E-state index is 0.0150. The molecule has 0 fully saturated rings. The molecule has 1 unspecified atom stereocenters. The minimum Gasteiger partial charge on any atom is -0.357 e. The van der Waals surface area contributed by atoms with Crippen LogP contribution in [0.2, 0.25) is 0 Å². The van der Waals surface area contributed by atoms with Crippen LogP contribution in [0.1, 0.15) is 0 Å². The number of nitrogens with one attached hydrogen (secondary N) is 1. The van der Waals surface area contributed by atoms with E-state index in [4.69, 9.17) is 0 Å². The Bertz CT molecular complexity index is 433. The molecule has 1 aliphatic rings. The highest BCUT2D eigenvalue weighted by Gasteiger charge is 2.26. The first-order chi connectivity index (χ1) is 7.13. The normalized spacial score (nSPS) is 18.2. The van der Waals surface area contributed by atoms with Crippen molar-refractivity contribution in [3.63, 3.8) is 0 Å². The molecule has 0 saturated carbocycles. The van der Waals surface area contributed by atoms with Crippen LogP contribution < -0.4 is 10.2 Å². The Morgan fingerprint density at radius 2 is 2.33 bits per heavy atom. The fourth-order valence-electron chi connectivity index (χ4n) is 1.59. The number of nitro benzene ring substituents is 1. The first-order valence-electron chi connectivity index (χ1n) is 4.36. The summed E-state index contributed by atoms with van der Waals surface area (Å²) in [5, 5.41) is 13.4. The molecule has 0 amide bonds. The van der Waals surface area contributed by atoms with Crippen LogP contribution in [0.25, 0.3) is 0 Å². The molecule has 15 heavy (non-hydrogen) atoms. The van der Waals surface area contributed by atoms with Crippen LogP contribution in [-0.4, -0.2) is 24.4 Å². The summed E-state index contributed by atoms with van der Waals surface area (Å²) >= 11 is 0. The van der Waals surface area contributed by atoms with Crippen molar-refractivity contribution in [2.45, 2.75) is 6.17 Å². The van der Waals surface area contributed by atoms with Gasteiger partial charge >= 0.3 is 0 Å². The Kier molecular flexibility index (Phi) is 2.03. The summed E-state index contributed by atoms with van der Waals surface area (Å²) in [5.74, 6) is 0. The first kappa shape index (κ1) is 9.45. The maximum absolute atomic E-state index is 10.7. The van der Waals surface area contributed by atoms with Crippen LogP contribution in [0.15, 0.2) is 18.2 Å². The van der Waals surface area contributed by atoms with E-state index >= 15 is 0 Å². The minimum atomic E-state index is -0.462. The molecule has 1 aliphatic heterocycles. The molecule has 1 N–H and O–H groups in total. The predicted molar refractivity (Wildman–Crippen MR) is 55.0 cm³/mol. The highest BCUT2D eigenvalue weighted by atomic mass is 16.6. The predicted octanol–water partition coefficient (Wildman–Crippen LogP) is 0.981. The summed E-state index contributed by atoms with van der Waals surface area (Å²) in [7, 11) is 1.75. The van der Waals surface area contributed by atoms with Crippen LogP contribution in [0.3, 0.4) is 0 Å². The Morgan fingerprint density at radius 1 is 1.60 bits per heavy atom. The molecule has 0 bridgehead atoms. The first-order valence-corrected chi connectivity index (χ1v) is 4.36. The van der Waals surface area contributed by atoms with Crippen molar-refractivity contribution >= 4 is 23.3 Å². The number of fused-ring (bicyclic) bond motifs is 1. The third kappa shape index (κ3) is 1.39. The Balaban J connectivity index is 2.42. The lowest BCUT2D eigenvalue weighted by atomic mass is 10.2. The van der Waals surface area contributed by atoms with Gasteiger partial charge in [-0.15, -0.1) is 0 Å². The van der Waals surface area contributed by atoms with E-state index in [0.717, 1.165) is 12.0 Å². The smallest absolute Gasteiger partial charge is 0.271 e. The molecule has 6 nitrogen and oxygen atoms in total. The number of aldehydes is 1. The van der Waals surface area contributed by atoms with E-state index in [0.29, 0.717) is 5.69 Å². The van der Waals surface area contributed by atoms with Gasteiger partial charge in [-0.2, -0.15) is 0 Å². The Morgan fingerprint density at radius 3 is 2.93 bits per heavy atom. The molecule has 0 spiro atoms. The highest BCUT2D eigenvalue weighted by Crippen LogP contribution is 2.35. The van der Waals surface area contributed by atoms with Crippen molar-refractivity contribution in [2.24, 2.45) is 0 Å². The number of rotatable bonds is 2. The van der Waals surface area contributed by atoms with Gasteiger partial charge in [0.2, 0.25) is 0 Å². The summed E-state index contributed by atoms with van der Waals surface area (Å²) < 4.78 is 0. The van der Waals surface area contributed by atoms with Crippen LogP contribution in [0.4, 0.5) is 17.1 Å². The van der Waals surface area contributed by atoms with E-state index in [1.165, 1.54) is 12.1 Å². The average Bonchev–Trinajstić information content (AvgIpc) is 2.55. The number of nitro groups is 1. The van der Waals surface area contributed by atoms with Gasteiger partial charge in [0.25, 0.3) is 5.69 Å². The van der Waals surface area contributed by atoms with Crippen LogP contribution in [-0.2, 0) is 4.79 Å². The summed E-state index contributed by atoms with van der Waals surface area (Å²) in [4.78, 5) is 22.5. The van der Waals surface area contributed by atoms with Crippen molar-refractivity contribution in [1.82, 2.24) is 0 Å². The number of likely N-dealkylation sites (N-methyl/N-ethyl adjacent to an activating group) is 1. The molecule has 2 rings (SSSR count). The lowest BCUT2D eigenvalue weighted by molar-refractivity contribution is -0.384. The van der Waals surface area contributed by atoms with Crippen molar-refractivity contribution in [3.05, 3.63) is 28.3 Å². The fraction of sp³-hybridized carbons (Fsp3) is 0.222. The summed E-state index contributed by atoms with van der Waals surface area (Å²) in [6.45, 7) is 0. The average molecular weight is 207 g/mol. The molecule has 1 atom stereocenters. The van der Waals surface area contributed by atoms with Crippen molar-refractivity contribution in [3.8, 4) is 0 Å². The number of carbonyl (C=O) groups is 1. The number of hydrogen-bond acceptors (Lipinski definition) is 5. The third-order valence-corrected chi connectivity index (χ3v) is 2.42. The van der Waals surface area contributed by atoms with Gasteiger partial charge in [0.1, 0.15) is 0 Å². The quantitative estimate of drug-likeness (QED) is 0.444. The second-order valence-electron chi connectivity index (χ2n) is 3.29. The molecule has 0 radical (unpaired) electrons. The van der Waals surface area contributed by atoms with Gasteiger partial charge in [0, 0.05) is 19.2 Å². The van der Waals surface area contributed by atoms with E-state index < -0.39 is 11.1 Å². The standard InChI is InChI=1S/C9H9N3O3/c1-11-8-3-2-6(12(14)15)4-7(8)10-9(11)5-13/h2-5,9-10H,1H3. The van der Waals surface area contributed by atoms with Crippen LogP contribution in [0.5, 0.6) is 0 Å². The van der Waals surface area contributed by atoms with E-state index in [1.54, 1.807) is 18.0 Å². The van der Waals surface area contributed by atoms with Crippen LogP contribution in [0, 0.1) is 10.1 Å². The van der Waals surface area contributed by atoms with E-state index in [1.807, 2.05) is 0 Å². The van der Waals surface area contributed by atoms with Gasteiger partial charge in [-0.25, -0.2) is 0 Å². The molecule has 1 aromatic rings. The molecule has 0 aliphatic carbocycles. The maximum Gasteiger partial charge on any atom is 0.271 e. The SMILES string of the molecule is CN1c2ccc([N+](=O)[O-])cc2NC1C=O. The zero-order valence-electron chi connectivity index (χ0n) is 8.01. The van der Waals surface area contributed by atoms with Gasteiger partial charge in [-0.1, -0.05) is 0 Å². The van der Waals surface area contributed by atoms with Gasteiger partial charge < -0.3 is 10.2 Å². The molecule has 0 saturated heterocycles. The number of benzene rings is 1. The largest absolute Gasteiger partial charge is 0.357 e. The molecule has 1 aromatic carbocycles. The van der Waals surface area contributed by atoms with Gasteiger partial charge in [-0.05, 0) is 6.07 Å². The number of carbonyl (C=O) groups excluding carboxylic acids is 1. The van der Waals surface area contributed by atoms with E-state index in [-0.39, 0.29) is 5.69 Å². The second-order valence-corrected chi connectivity index (χ2v) is 3.29. The molecular formula is C9H9N3O3. The number of non-ortho nitro benzene ring substituents is 1. The lowest BCUT2D eigenvalue weighted by Crippen LogP contribution is -2.33. The maximum atomic E-state index is 10.7. The third-order valence-electron chi connectivity index (χ3n) is 2.42.